The van der Waals surface area contributed by atoms with E-state index >= 15 is 0 Å². The van der Waals surface area contributed by atoms with Crippen molar-refractivity contribution in [1.82, 2.24) is 5.32 Å². The van der Waals surface area contributed by atoms with Crippen LogP contribution < -0.4 is 11.1 Å². The van der Waals surface area contributed by atoms with Crippen molar-refractivity contribution in [2.75, 3.05) is 0 Å². The first-order valence-corrected chi connectivity index (χ1v) is 4.61. The van der Waals surface area contributed by atoms with Crippen LogP contribution in [-0.2, 0) is 0 Å². The van der Waals surface area contributed by atoms with E-state index in [1.165, 1.54) is 30.4 Å². The monoisotopic (exact) mass is 240 g/mol. The summed E-state index contributed by atoms with van der Waals surface area (Å²) >= 11 is 0. The molecule has 1 rings (SSSR count). The Morgan fingerprint density at radius 3 is 2.29 bits per heavy atom. The first-order valence-electron chi connectivity index (χ1n) is 4.61. The van der Waals surface area contributed by atoms with Crippen LogP contribution in [0.3, 0.4) is 0 Å². The maximum atomic E-state index is 11.5. The largest absolute Gasteiger partial charge is 0.369 e. The zero-order valence-electron chi connectivity index (χ0n) is 8.97. The van der Waals surface area contributed by atoms with Gasteiger partial charge < -0.3 is 21.1 Å². The SMILES string of the molecule is Cc1cc(C(N)=O)ccc1C(=O)NC(O)(O)O. The van der Waals surface area contributed by atoms with Gasteiger partial charge in [-0.25, -0.2) is 0 Å². The number of primary amides is 1. The molecule has 92 valence electrons. The highest BCUT2D eigenvalue weighted by molar-refractivity contribution is 5.98. The lowest BCUT2D eigenvalue weighted by molar-refractivity contribution is -0.323. The average molecular weight is 240 g/mol. The lowest BCUT2D eigenvalue weighted by Gasteiger charge is -2.16. The Bertz CT molecular complexity index is 464. The number of amides is 2. The predicted molar refractivity (Wildman–Crippen MR) is 56.6 cm³/mol. The van der Waals surface area contributed by atoms with Gasteiger partial charge in [-0.2, -0.15) is 0 Å². The second-order valence-electron chi connectivity index (χ2n) is 3.48. The third-order valence-electron chi connectivity index (χ3n) is 2.04. The van der Waals surface area contributed by atoms with Crippen molar-refractivity contribution in [3.63, 3.8) is 0 Å². The number of nitrogens with two attached hydrogens (primary N) is 1. The molecule has 1 aromatic rings. The van der Waals surface area contributed by atoms with Crippen molar-refractivity contribution in [2.45, 2.75) is 13.0 Å². The fourth-order valence-electron chi connectivity index (χ4n) is 1.29. The molecule has 6 N–H and O–H groups in total. The van der Waals surface area contributed by atoms with Gasteiger partial charge in [-0.1, -0.05) is 0 Å². The molecule has 7 nitrogen and oxygen atoms in total. The second kappa shape index (κ2) is 4.50. The third-order valence-corrected chi connectivity index (χ3v) is 2.04. The zero-order chi connectivity index (χ0) is 13.2. The standard InChI is InChI=1S/C10H12N2O5/c1-5-4-6(8(11)13)2-3-7(5)9(14)12-10(15,16)17/h2-4,15-17H,1H3,(H2,11,13)(H,12,14). The van der Waals surface area contributed by atoms with E-state index in [2.05, 4.69) is 0 Å². The lowest BCUT2D eigenvalue weighted by atomic mass is 10.0. The summed E-state index contributed by atoms with van der Waals surface area (Å²) in [5, 5.41) is 27.3. The highest BCUT2D eigenvalue weighted by Crippen LogP contribution is 2.11. The lowest BCUT2D eigenvalue weighted by Crippen LogP contribution is -2.48. The van der Waals surface area contributed by atoms with E-state index in [1.54, 1.807) is 0 Å². The molecule has 0 aliphatic rings. The summed E-state index contributed by atoms with van der Waals surface area (Å²) in [4.78, 5) is 22.3. The topological polar surface area (TPSA) is 133 Å². The summed E-state index contributed by atoms with van der Waals surface area (Å²) < 4.78 is 0. The van der Waals surface area contributed by atoms with Gasteiger partial charge in [0.05, 0.1) is 0 Å². The summed E-state index contributed by atoms with van der Waals surface area (Å²) in [7, 11) is 0. The Morgan fingerprint density at radius 1 is 1.29 bits per heavy atom. The molecular formula is C10H12N2O5. The van der Waals surface area contributed by atoms with Gasteiger partial charge in [-0.05, 0) is 30.7 Å². The van der Waals surface area contributed by atoms with Gasteiger partial charge in [0.25, 0.3) is 5.91 Å². The molecule has 0 aliphatic heterocycles. The minimum absolute atomic E-state index is 0.0801. The summed E-state index contributed by atoms with van der Waals surface area (Å²) in [6, 6.07) is 3.99. The summed E-state index contributed by atoms with van der Waals surface area (Å²) in [6.07, 6.45) is -3.29. The molecule has 0 aromatic heterocycles. The van der Waals surface area contributed by atoms with Crippen molar-refractivity contribution in [3.8, 4) is 0 Å². The number of rotatable bonds is 3. The number of carbonyl (C=O) groups is 2. The number of hydrogen-bond donors (Lipinski definition) is 5. The molecule has 0 aliphatic carbocycles. The van der Waals surface area contributed by atoms with Crippen molar-refractivity contribution in [1.29, 1.82) is 0 Å². The Kier molecular flexibility index (Phi) is 3.47. The number of nitrogens with one attached hydrogen (secondary N) is 1. The second-order valence-corrected chi connectivity index (χ2v) is 3.48. The molecule has 0 radical (unpaired) electrons. The Morgan fingerprint density at radius 2 is 1.88 bits per heavy atom. The van der Waals surface area contributed by atoms with Gasteiger partial charge in [0, 0.05) is 11.1 Å². The Balaban J connectivity index is 3.00. The summed E-state index contributed by atoms with van der Waals surface area (Å²) in [5.41, 5.74) is 5.76. The van der Waals surface area contributed by atoms with Crippen molar-refractivity contribution in [3.05, 3.63) is 34.9 Å². The molecule has 0 heterocycles. The fourth-order valence-corrected chi connectivity index (χ4v) is 1.29. The Labute approximate surface area is 96.5 Å². The van der Waals surface area contributed by atoms with Gasteiger partial charge in [0.1, 0.15) is 0 Å². The van der Waals surface area contributed by atoms with Crippen LogP contribution in [0.15, 0.2) is 18.2 Å². The number of aliphatic hydroxyl groups is 3. The molecule has 0 atom stereocenters. The van der Waals surface area contributed by atoms with Gasteiger partial charge in [0.15, 0.2) is 0 Å². The Hall–Kier alpha value is -1.96. The van der Waals surface area contributed by atoms with E-state index in [0.717, 1.165) is 0 Å². The van der Waals surface area contributed by atoms with Gasteiger partial charge in [0.2, 0.25) is 5.91 Å². The van der Waals surface area contributed by atoms with Crippen LogP contribution >= 0.6 is 0 Å². The highest BCUT2D eigenvalue weighted by atomic mass is 16.7. The van der Waals surface area contributed by atoms with E-state index in [0.29, 0.717) is 5.56 Å². The summed E-state index contributed by atoms with van der Waals surface area (Å²) in [6.45, 7) is 1.54. The smallest absolute Gasteiger partial charge is 0.366 e. The quantitative estimate of drug-likeness (QED) is 0.406. The molecule has 17 heavy (non-hydrogen) atoms. The van der Waals surface area contributed by atoms with Crippen LogP contribution in [0.2, 0.25) is 0 Å². The number of carbonyl (C=O) groups excluding carboxylic acids is 2. The van der Waals surface area contributed by atoms with Gasteiger partial charge in [-0.15, -0.1) is 0 Å². The molecule has 0 saturated heterocycles. The van der Waals surface area contributed by atoms with Gasteiger partial charge >= 0.3 is 6.10 Å². The van der Waals surface area contributed by atoms with E-state index in [9.17, 15) is 9.59 Å². The third kappa shape index (κ3) is 3.52. The first kappa shape index (κ1) is 13.1. The van der Waals surface area contributed by atoms with Crippen molar-refractivity contribution < 1.29 is 24.9 Å². The van der Waals surface area contributed by atoms with Crippen LogP contribution in [0, 0.1) is 6.92 Å². The van der Waals surface area contributed by atoms with Crippen LogP contribution in [0.1, 0.15) is 26.3 Å². The molecule has 1 aromatic carbocycles. The minimum atomic E-state index is -3.29. The number of hydrogen-bond acceptors (Lipinski definition) is 5. The zero-order valence-corrected chi connectivity index (χ0v) is 8.97. The molecule has 7 heteroatoms. The number of aryl methyl sites for hydroxylation is 1. The van der Waals surface area contributed by atoms with E-state index in [4.69, 9.17) is 21.1 Å². The maximum Gasteiger partial charge on any atom is 0.369 e. The fraction of sp³-hybridized carbons (Fsp3) is 0.200. The molecule has 0 spiro atoms. The van der Waals surface area contributed by atoms with Crippen molar-refractivity contribution in [2.24, 2.45) is 5.73 Å². The van der Waals surface area contributed by atoms with Crippen LogP contribution in [0.4, 0.5) is 0 Å². The molecule has 0 fully saturated rings. The molecule has 0 unspecified atom stereocenters. The normalized spacial score (nSPS) is 11.1. The van der Waals surface area contributed by atoms with Crippen LogP contribution in [-0.4, -0.2) is 33.2 Å². The predicted octanol–water partition coefficient (Wildman–Crippen LogP) is -1.59. The van der Waals surface area contributed by atoms with Gasteiger partial charge in [-0.3, -0.25) is 14.9 Å². The van der Waals surface area contributed by atoms with Crippen LogP contribution in [0.25, 0.3) is 0 Å². The van der Waals surface area contributed by atoms with E-state index < -0.39 is 17.9 Å². The average Bonchev–Trinajstić information content (AvgIpc) is 2.14. The van der Waals surface area contributed by atoms with Crippen LogP contribution in [0.5, 0.6) is 0 Å². The minimum Gasteiger partial charge on any atom is -0.366 e. The first-order chi connectivity index (χ1) is 7.70. The summed E-state index contributed by atoms with van der Waals surface area (Å²) in [5.74, 6) is -1.54. The molecule has 0 bridgehead atoms. The maximum absolute atomic E-state index is 11.5. The molecular weight excluding hydrogens is 228 g/mol. The van der Waals surface area contributed by atoms with Crippen molar-refractivity contribution >= 4 is 11.8 Å². The molecule has 2 amide bonds. The van der Waals surface area contributed by atoms with E-state index in [-0.39, 0.29) is 11.1 Å². The molecule has 0 saturated carbocycles. The van der Waals surface area contributed by atoms with E-state index in [1.807, 2.05) is 0 Å². The number of benzene rings is 1. The highest BCUT2D eigenvalue weighted by Gasteiger charge is 2.23.